The van der Waals surface area contributed by atoms with Gasteiger partial charge in [-0.15, -0.1) is 0 Å². The van der Waals surface area contributed by atoms with Crippen molar-refractivity contribution < 1.29 is 4.79 Å². The lowest BCUT2D eigenvalue weighted by atomic mass is 9.85. The summed E-state index contributed by atoms with van der Waals surface area (Å²) < 4.78 is 0. The first-order valence-electron chi connectivity index (χ1n) is 10.0. The highest BCUT2D eigenvalue weighted by Crippen LogP contribution is 2.40. The number of carbonyl (C=O) groups excluding carboxylic acids is 1. The molecule has 2 aromatic carbocycles. The van der Waals surface area contributed by atoms with E-state index >= 15 is 0 Å². The van der Waals surface area contributed by atoms with Gasteiger partial charge >= 0.3 is 0 Å². The lowest BCUT2D eigenvalue weighted by Gasteiger charge is -2.20. The third-order valence-electron chi connectivity index (χ3n) is 5.60. The minimum absolute atomic E-state index is 0.250. The molecule has 0 radical (unpaired) electrons. The van der Waals surface area contributed by atoms with E-state index in [1.54, 1.807) is 19.9 Å². The van der Waals surface area contributed by atoms with E-state index in [4.69, 9.17) is 17.3 Å². The quantitative estimate of drug-likeness (QED) is 0.605. The summed E-state index contributed by atoms with van der Waals surface area (Å²) in [5, 5.41) is 0.472. The second-order valence-electron chi connectivity index (χ2n) is 8.61. The third kappa shape index (κ3) is 4.31. The normalized spacial score (nSPS) is 14.0. The van der Waals surface area contributed by atoms with Gasteiger partial charge in [0.25, 0.3) is 5.56 Å². The highest BCUT2D eigenvalue weighted by molar-refractivity contribution is 6.33. The number of benzene rings is 2. The fourth-order valence-electron chi connectivity index (χ4n) is 3.54. The van der Waals surface area contributed by atoms with Gasteiger partial charge in [0.1, 0.15) is 5.82 Å². The molecular formula is C24H24ClN3O2. The molecule has 3 aromatic rings. The molecule has 1 aliphatic rings. The van der Waals surface area contributed by atoms with Gasteiger partial charge in [-0.05, 0) is 48.4 Å². The molecule has 0 bridgehead atoms. The van der Waals surface area contributed by atoms with Gasteiger partial charge in [0.05, 0.1) is 10.7 Å². The van der Waals surface area contributed by atoms with Crippen molar-refractivity contribution in [3.63, 3.8) is 0 Å². The van der Waals surface area contributed by atoms with Crippen LogP contribution >= 0.6 is 11.6 Å². The first-order chi connectivity index (χ1) is 14.2. The molecular weight excluding hydrogens is 398 g/mol. The van der Waals surface area contributed by atoms with Crippen LogP contribution in [0.2, 0.25) is 5.02 Å². The lowest BCUT2D eigenvalue weighted by Crippen LogP contribution is -2.33. The Hall–Kier alpha value is -2.92. The van der Waals surface area contributed by atoms with Crippen LogP contribution in [0.15, 0.2) is 53.3 Å². The van der Waals surface area contributed by atoms with Crippen LogP contribution in [0.25, 0.3) is 22.6 Å². The van der Waals surface area contributed by atoms with Crippen molar-refractivity contribution in [1.29, 1.82) is 0 Å². The summed E-state index contributed by atoms with van der Waals surface area (Å²) in [4.78, 5) is 31.5. The average Bonchev–Trinajstić information content (AvgIpc) is 3.54. The summed E-state index contributed by atoms with van der Waals surface area (Å²) in [5.41, 5.74) is 8.87. The van der Waals surface area contributed by atoms with E-state index in [0.717, 1.165) is 11.1 Å². The summed E-state index contributed by atoms with van der Waals surface area (Å²) in [6.07, 6.45) is 2.95. The zero-order valence-electron chi connectivity index (χ0n) is 17.0. The number of aromatic nitrogens is 2. The molecule has 5 nitrogen and oxygen atoms in total. The number of aromatic amines is 1. The number of H-pyrrole nitrogens is 1. The van der Waals surface area contributed by atoms with Crippen LogP contribution in [0.5, 0.6) is 0 Å². The van der Waals surface area contributed by atoms with E-state index in [1.165, 1.54) is 24.5 Å². The van der Waals surface area contributed by atoms with E-state index in [-0.39, 0.29) is 11.5 Å². The number of hydrogen-bond donors (Lipinski definition) is 2. The Morgan fingerprint density at radius 3 is 2.50 bits per heavy atom. The fraction of sp³-hybridized carbons (Fsp3) is 0.292. The maximum Gasteiger partial charge on any atom is 0.251 e. The van der Waals surface area contributed by atoms with Crippen molar-refractivity contribution in [3.8, 4) is 22.6 Å². The number of nitrogens with two attached hydrogens (primary N) is 1. The largest absolute Gasteiger partial charge is 0.369 e. The number of primary amides is 1. The fourth-order valence-corrected chi connectivity index (χ4v) is 3.74. The molecule has 1 aliphatic carbocycles. The van der Waals surface area contributed by atoms with Crippen molar-refractivity contribution >= 4 is 17.5 Å². The van der Waals surface area contributed by atoms with E-state index in [0.29, 0.717) is 34.4 Å². The molecule has 0 unspecified atom stereocenters. The molecule has 0 saturated heterocycles. The van der Waals surface area contributed by atoms with Gasteiger partial charge in [0.2, 0.25) is 5.91 Å². The topological polar surface area (TPSA) is 88.8 Å². The van der Waals surface area contributed by atoms with Gasteiger partial charge in [-0.25, -0.2) is 4.98 Å². The van der Waals surface area contributed by atoms with Crippen molar-refractivity contribution in [2.45, 2.75) is 39.0 Å². The van der Waals surface area contributed by atoms with Crippen LogP contribution in [-0.4, -0.2) is 15.9 Å². The van der Waals surface area contributed by atoms with Crippen LogP contribution in [0.4, 0.5) is 0 Å². The van der Waals surface area contributed by atoms with Gasteiger partial charge in [-0.1, -0.05) is 55.8 Å². The third-order valence-corrected chi connectivity index (χ3v) is 5.93. The number of nitrogens with zero attached hydrogens (tertiary/aromatic N) is 1. The second-order valence-corrected chi connectivity index (χ2v) is 9.02. The Bertz CT molecular complexity index is 1160. The Morgan fingerprint density at radius 1 is 1.17 bits per heavy atom. The second kappa shape index (κ2) is 7.73. The number of hydrogen-bond acceptors (Lipinski definition) is 3. The van der Waals surface area contributed by atoms with Gasteiger partial charge < -0.3 is 10.7 Å². The van der Waals surface area contributed by atoms with Crippen molar-refractivity contribution in [1.82, 2.24) is 9.97 Å². The summed E-state index contributed by atoms with van der Waals surface area (Å²) in [6.45, 7) is 3.60. The van der Waals surface area contributed by atoms with Crippen LogP contribution in [-0.2, 0) is 11.2 Å². The molecule has 3 N–H and O–H groups in total. The molecule has 30 heavy (non-hydrogen) atoms. The van der Waals surface area contributed by atoms with Crippen LogP contribution in [0.1, 0.15) is 43.7 Å². The van der Waals surface area contributed by atoms with E-state index < -0.39 is 5.41 Å². The number of amides is 1. The zero-order chi connectivity index (χ0) is 21.5. The Kier molecular flexibility index (Phi) is 5.24. The summed E-state index contributed by atoms with van der Waals surface area (Å²) in [5.74, 6) is 0.697. The summed E-state index contributed by atoms with van der Waals surface area (Å²) in [6, 6.07) is 15.2. The molecule has 1 amide bonds. The monoisotopic (exact) mass is 421 g/mol. The minimum atomic E-state index is -0.697. The maximum atomic E-state index is 12.4. The highest BCUT2D eigenvalue weighted by Gasteiger charge is 2.26. The maximum absolute atomic E-state index is 12.4. The molecule has 4 rings (SSSR count). The lowest BCUT2D eigenvalue weighted by molar-refractivity contribution is -0.125. The zero-order valence-corrected chi connectivity index (χ0v) is 17.8. The predicted molar refractivity (Wildman–Crippen MR) is 119 cm³/mol. The molecule has 1 aromatic heterocycles. The Labute approximate surface area is 180 Å². The van der Waals surface area contributed by atoms with Gasteiger partial charge in [0, 0.05) is 22.6 Å². The van der Waals surface area contributed by atoms with Crippen LogP contribution < -0.4 is 11.3 Å². The molecule has 0 spiro atoms. The Balaban J connectivity index is 1.71. The molecule has 6 heteroatoms. The molecule has 0 atom stereocenters. The van der Waals surface area contributed by atoms with Crippen molar-refractivity contribution in [2.24, 2.45) is 11.1 Å². The van der Waals surface area contributed by atoms with Gasteiger partial charge in [-0.3, -0.25) is 9.59 Å². The Morgan fingerprint density at radius 2 is 1.87 bits per heavy atom. The van der Waals surface area contributed by atoms with Crippen LogP contribution in [0.3, 0.4) is 0 Å². The SMILES string of the molecule is CC(C)(Cc1ccc(Cl)c(-c2nc(-c3ccc(C4CC4)cc3)cc(=O)[nH]2)c1)C(N)=O. The molecule has 1 heterocycles. The van der Waals surface area contributed by atoms with E-state index in [1.807, 2.05) is 24.3 Å². The van der Waals surface area contributed by atoms with Crippen LogP contribution in [0, 0.1) is 5.41 Å². The molecule has 154 valence electrons. The summed E-state index contributed by atoms with van der Waals surface area (Å²) >= 11 is 6.42. The number of carbonyl (C=O) groups is 1. The molecule has 1 saturated carbocycles. The molecule has 0 aliphatic heterocycles. The molecule has 1 fully saturated rings. The van der Waals surface area contributed by atoms with Gasteiger partial charge in [-0.2, -0.15) is 0 Å². The van der Waals surface area contributed by atoms with Crippen molar-refractivity contribution in [3.05, 3.63) is 75.0 Å². The number of halogens is 1. The summed E-state index contributed by atoms with van der Waals surface area (Å²) in [7, 11) is 0. The standard InChI is InChI=1S/C24H24ClN3O2/c1-24(2,23(26)30)13-14-3-10-19(25)18(11-14)22-27-20(12-21(29)28-22)17-8-6-16(7-9-17)15-4-5-15/h3,6-12,15H,4-5,13H2,1-2H3,(H2,26,30)(H,27,28,29). The number of nitrogens with one attached hydrogen (secondary N) is 1. The van der Waals surface area contributed by atoms with Gasteiger partial charge in [0.15, 0.2) is 0 Å². The highest BCUT2D eigenvalue weighted by atomic mass is 35.5. The predicted octanol–water partition coefficient (Wildman–Crippen LogP) is 4.69. The van der Waals surface area contributed by atoms with Crippen molar-refractivity contribution in [2.75, 3.05) is 0 Å². The minimum Gasteiger partial charge on any atom is -0.369 e. The average molecular weight is 422 g/mol. The first kappa shape index (κ1) is 20.4. The first-order valence-corrected chi connectivity index (χ1v) is 10.4. The number of rotatable bonds is 6. The van der Waals surface area contributed by atoms with E-state index in [2.05, 4.69) is 22.1 Å². The smallest absolute Gasteiger partial charge is 0.251 e. The van der Waals surface area contributed by atoms with E-state index in [9.17, 15) is 9.59 Å².